The van der Waals surface area contributed by atoms with Gasteiger partial charge < -0.3 is 5.32 Å². The number of fused-ring (bicyclic) bond motifs is 1. The Bertz CT molecular complexity index is 365. The van der Waals surface area contributed by atoms with Gasteiger partial charge in [0, 0.05) is 24.1 Å². The molecule has 0 aliphatic carbocycles. The molecular formula is C11H12N2. The van der Waals surface area contributed by atoms with E-state index in [-0.39, 0.29) is 5.41 Å². The number of anilines is 1. The van der Waals surface area contributed by atoms with Gasteiger partial charge in [-0.2, -0.15) is 5.26 Å². The first-order valence-electron chi connectivity index (χ1n) is 4.47. The van der Waals surface area contributed by atoms with Crippen molar-refractivity contribution in [3.05, 3.63) is 29.8 Å². The van der Waals surface area contributed by atoms with Crippen molar-refractivity contribution < 1.29 is 0 Å². The summed E-state index contributed by atoms with van der Waals surface area (Å²) in [7, 11) is 0. The summed E-state index contributed by atoms with van der Waals surface area (Å²) in [6.07, 6.45) is 0.580. The summed E-state index contributed by atoms with van der Waals surface area (Å²) in [5, 5.41) is 12.1. The normalized spacial score (nSPS) is 24.6. The van der Waals surface area contributed by atoms with Crippen LogP contribution < -0.4 is 5.32 Å². The quantitative estimate of drug-likeness (QED) is 0.705. The molecule has 0 saturated carbocycles. The Kier molecular flexibility index (Phi) is 1.73. The molecule has 0 radical (unpaired) electrons. The van der Waals surface area contributed by atoms with Crippen LogP contribution >= 0.6 is 0 Å². The number of nitrogens with one attached hydrogen (secondary N) is 1. The molecule has 0 unspecified atom stereocenters. The van der Waals surface area contributed by atoms with Gasteiger partial charge in [0.1, 0.15) is 0 Å². The Morgan fingerprint density at radius 2 is 2.31 bits per heavy atom. The second-order valence-corrected chi connectivity index (χ2v) is 3.79. The van der Waals surface area contributed by atoms with Crippen molar-refractivity contribution in [2.45, 2.75) is 18.8 Å². The molecule has 0 amide bonds. The maximum atomic E-state index is 8.74. The van der Waals surface area contributed by atoms with Crippen LogP contribution in [-0.2, 0) is 5.41 Å². The first-order valence-corrected chi connectivity index (χ1v) is 4.47. The van der Waals surface area contributed by atoms with Crippen molar-refractivity contribution in [3.8, 4) is 6.07 Å². The van der Waals surface area contributed by atoms with Crippen LogP contribution in [0.3, 0.4) is 0 Å². The molecule has 0 bridgehead atoms. The molecule has 66 valence electrons. The van der Waals surface area contributed by atoms with E-state index in [1.807, 2.05) is 12.1 Å². The van der Waals surface area contributed by atoms with Crippen LogP contribution in [0.25, 0.3) is 0 Å². The molecule has 1 aliphatic rings. The van der Waals surface area contributed by atoms with Crippen LogP contribution in [0.15, 0.2) is 24.3 Å². The molecule has 1 aliphatic heterocycles. The van der Waals surface area contributed by atoms with Crippen LogP contribution in [0.1, 0.15) is 18.9 Å². The smallest absolute Gasteiger partial charge is 0.0631 e. The second kappa shape index (κ2) is 2.77. The van der Waals surface area contributed by atoms with Crippen molar-refractivity contribution in [1.29, 1.82) is 5.26 Å². The Labute approximate surface area is 78.2 Å². The topological polar surface area (TPSA) is 35.8 Å². The zero-order valence-electron chi connectivity index (χ0n) is 7.67. The van der Waals surface area contributed by atoms with Gasteiger partial charge >= 0.3 is 0 Å². The summed E-state index contributed by atoms with van der Waals surface area (Å²) in [6.45, 7) is 3.01. The van der Waals surface area contributed by atoms with E-state index in [0.717, 1.165) is 6.54 Å². The number of para-hydroxylation sites is 1. The van der Waals surface area contributed by atoms with Crippen LogP contribution in [0.5, 0.6) is 0 Å². The van der Waals surface area contributed by atoms with Crippen molar-refractivity contribution in [1.82, 2.24) is 0 Å². The minimum atomic E-state index is 0.00530. The molecule has 1 atom stereocenters. The van der Waals surface area contributed by atoms with E-state index in [1.165, 1.54) is 11.3 Å². The summed E-state index contributed by atoms with van der Waals surface area (Å²) < 4.78 is 0. The Morgan fingerprint density at radius 1 is 1.54 bits per heavy atom. The molecule has 2 heteroatoms. The highest BCUT2D eigenvalue weighted by Crippen LogP contribution is 2.38. The van der Waals surface area contributed by atoms with Gasteiger partial charge in [0.05, 0.1) is 6.07 Å². The monoisotopic (exact) mass is 172 g/mol. The molecule has 0 saturated heterocycles. The summed E-state index contributed by atoms with van der Waals surface area (Å²) in [5.41, 5.74) is 2.46. The molecule has 1 aromatic carbocycles. The number of benzene rings is 1. The fourth-order valence-electron chi connectivity index (χ4n) is 1.88. The predicted molar refractivity (Wildman–Crippen MR) is 52.5 cm³/mol. The molecule has 0 fully saturated rings. The van der Waals surface area contributed by atoms with E-state index in [2.05, 4.69) is 30.4 Å². The van der Waals surface area contributed by atoms with E-state index < -0.39 is 0 Å². The van der Waals surface area contributed by atoms with Crippen LogP contribution in [0.2, 0.25) is 0 Å². The first kappa shape index (κ1) is 8.12. The molecule has 13 heavy (non-hydrogen) atoms. The summed E-state index contributed by atoms with van der Waals surface area (Å²) >= 11 is 0. The van der Waals surface area contributed by atoms with Gasteiger partial charge in [0.2, 0.25) is 0 Å². The minimum absolute atomic E-state index is 0.00530. The fourth-order valence-corrected chi connectivity index (χ4v) is 1.88. The number of nitriles is 1. The minimum Gasteiger partial charge on any atom is -0.384 e. The highest BCUT2D eigenvalue weighted by atomic mass is 14.9. The average molecular weight is 172 g/mol. The largest absolute Gasteiger partial charge is 0.384 e. The van der Waals surface area contributed by atoms with E-state index in [1.54, 1.807) is 0 Å². The first-order chi connectivity index (χ1) is 6.26. The van der Waals surface area contributed by atoms with Gasteiger partial charge in [-0.05, 0) is 11.6 Å². The Hall–Kier alpha value is -1.49. The van der Waals surface area contributed by atoms with Crippen molar-refractivity contribution in [2.24, 2.45) is 0 Å². The predicted octanol–water partition coefficient (Wildman–Crippen LogP) is 2.28. The molecular weight excluding hydrogens is 160 g/mol. The number of nitrogens with zero attached hydrogens (tertiary/aromatic N) is 1. The zero-order chi connectivity index (χ0) is 9.31. The SMILES string of the molecule is C[C@]1(CC#N)CNc2ccccc21. The molecule has 0 spiro atoms. The van der Waals surface area contributed by atoms with Gasteiger partial charge in [0.25, 0.3) is 0 Å². The molecule has 1 N–H and O–H groups in total. The summed E-state index contributed by atoms with van der Waals surface area (Å²) in [5.74, 6) is 0. The molecule has 1 heterocycles. The number of hydrogen-bond donors (Lipinski definition) is 1. The van der Waals surface area contributed by atoms with Gasteiger partial charge in [-0.15, -0.1) is 0 Å². The lowest BCUT2D eigenvalue weighted by atomic mass is 9.82. The van der Waals surface area contributed by atoms with Crippen molar-refractivity contribution in [3.63, 3.8) is 0 Å². The maximum absolute atomic E-state index is 8.74. The van der Waals surface area contributed by atoms with Gasteiger partial charge in [-0.1, -0.05) is 25.1 Å². The highest BCUT2D eigenvalue weighted by molar-refractivity contribution is 5.60. The highest BCUT2D eigenvalue weighted by Gasteiger charge is 2.33. The Morgan fingerprint density at radius 3 is 3.08 bits per heavy atom. The van der Waals surface area contributed by atoms with Crippen molar-refractivity contribution >= 4 is 5.69 Å². The van der Waals surface area contributed by atoms with E-state index in [0.29, 0.717) is 6.42 Å². The fraction of sp³-hybridized carbons (Fsp3) is 0.364. The molecule has 2 nitrogen and oxygen atoms in total. The van der Waals surface area contributed by atoms with Crippen LogP contribution in [0.4, 0.5) is 5.69 Å². The van der Waals surface area contributed by atoms with Crippen LogP contribution in [0, 0.1) is 11.3 Å². The lowest BCUT2D eigenvalue weighted by Gasteiger charge is -2.19. The van der Waals surface area contributed by atoms with E-state index in [4.69, 9.17) is 5.26 Å². The summed E-state index contributed by atoms with van der Waals surface area (Å²) in [4.78, 5) is 0. The van der Waals surface area contributed by atoms with Crippen LogP contribution in [-0.4, -0.2) is 6.54 Å². The zero-order valence-corrected chi connectivity index (χ0v) is 7.67. The van der Waals surface area contributed by atoms with Crippen molar-refractivity contribution in [2.75, 3.05) is 11.9 Å². The Balaban J connectivity index is 2.44. The summed E-state index contributed by atoms with van der Waals surface area (Å²) in [6, 6.07) is 10.5. The second-order valence-electron chi connectivity index (χ2n) is 3.79. The lowest BCUT2D eigenvalue weighted by Crippen LogP contribution is -2.23. The number of hydrogen-bond acceptors (Lipinski definition) is 2. The third-order valence-corrected chi connectivity index (χ3v) is 2.72. The van der Waals surface area contributed by atoms with E-state index >= 15 is 0 Å². The standard InChI is InChI=1S/C11H12N2/c1-11(6-7-12)8-13-10-5-3-2-4-9(10)11/h2-5,13H,6,8H2,1H3/t11-/m0/s1. The van der Waals surface area contributed by atoms with Gasteiger partial charge in [0.15, 0.2) is 0 Å². The maximum Gasteiger partial charge on any atom is 0.0631 e. The van der Waals surface area contributed by atoms with Gasteiger partial charge in [-0.25, -0.2) is 0 Å². The third-order valence-electron chi connectivity index (χ3n) is 2.72. The molecule has 1 aromatic rings. The average Bonchev–Trinajstić information content (AvgIpc) is 2.46. The third kappa shape index (κ3) is 1.17. The lowest BCUT2D eigenvalue weighted by molar-refractivity contribution is 0.537. The van der Waals surface area contributed by atoms with E-state index in [9.17, 15) is 0 Å². The molecule has 2 rings (SSSR count). The number of rotatable bonds is 1. The van der Waals surface area contributed by atoms with Gasteiger partial charge in [-0.3, -0.25) is 0 Å². The molecule has 0 aromatic heterocycles.